The Bertz CT molecular complexity index is 1200. The van der Waals surface area contributed by atoms with Gasteiger partial charge in [0.15, 0.2) is 6.61 Å². The van der Waals surface area contributed by atoms with Gasteiger partial charge in [0, 0.05) is 22.6 Å². The number of thiophene rings is 1. The average Bonchev–Trinajstić information content (AvgIpc) is 3.13. The molecular weight excluding hydrogens is 456 g/mol. The van der Waals surface area contributed by atoms with E-state index in [0.29, 0.717) is 21.9 Å². The van der Waals surface area contributed by atoms with Crippen LogP contribution in [0.2, 0.25) is 0 Å². The van der Waals surface area contributed by atoms with Crippen molar-refractivity contribution in [1.29, 1.82) is 0 Å². The first-order valence-corrected chi connectivity index (χ1v) is 11.6. The Balaban J connectivity index is 1.88. The van der Waals surface area contributed by atoms with Crippen LogP contribution in [-0.2, 0) is 9.53 Å². The van der Waals surface area contributed by atoms with E-state index in [1.54, 1.807) is 19.1 Å². The van der Waals surface area contributed by atoms with Crippen LogP contribution >= 0.6 is 11.3 Å². The van der Waals surface area contributed by atoms with E-state index in [4.69, 9.17) is 9.47 Å². The number of rotatable bonds is 9. The minimum Gasteiger partial charge on any atom is -0.483 e. The first-order chi connectivity index (χ1) is 16.2. The maximum atomic E-state index is 12.8. The van der Waals surface area contributed by atoms with Crippen molar-refractivity contribution in [2.24, 2.45) is 0 Å². The number of hydrogen-bond acceptors (Lipinski definition) is 7. The zero-order valence-corrected chi connectivity index (χ0v) is 20.2. The van der Waals surface area contributed by atoms with Gasteiger partial charge < -0.3 is 14.8 Å². The number of aryl methyl sites for hydroxylation is 1. The third kappa shape index (κ3) is 5.60. The third-order valence-electron chi connectivity index (χ3n) is 5.08. The van der Waals surface area contributed by atoms with E-state index in [2.05, 4.69) is 5.32 Å². The average molecular weight is 483 g/mol. The molecule has 0 aliphatic carbocycles. The van der Waals surface area contributed by atoms with Gasteiger partial charge in [-0.2, -0.15) is 0 Å². The number of non-ortho nitro benzene ring substituents is 1. The van der Waals surface area contributed by atoms with E-state index in [9.17, 15) is 19.7 Å². The van der Waals surface area contributed by atoms with Crippen LogP contribution in [0.3, 0.4) is 0 Å². The van der Waals surface area contributed by atoms with E-state index < -0.39 is 16.8 Å². The number of nitro groups is 1. The molecule has 1 aromatic heterocycles. The first-order valence-electron chi connectivity index (χ1n) is 10.8. The summed E-state index contributed by atoms with van der Waals surface area (Å²) in [7, 11) is 0. The molecule has 34 heavy (non-hydrogen) atoms. The molecule has 0 aliphatic rings. The molecule has 0 saturated carbocycles. The first kappa shape index (κ1) is 24.9. The Labute approximate surface area is 201 Å². The highest BCUT2D eigenvalue weighted by Gasteiger charge is 2.26. The number of nitrogens with zero attached hydrogens (tertiary/aromatic N) is 1. The topological polar surface area (TPSA) is 108 Å². The quantitative estimate of drug-likeness (QED) is 0.229. The second kappa shape index (κ2) is 10.9. The second-order valence-electron chi connectivity index (χ2n) is 7.79. The predicted molar refractivity (Wildman–Crippen MR) is 132 cm³/mol. The standard InChI is InChI=1S/C25H26N2O6S/c1-5-32-25(29)23-22(17-10-12-18(13-11-17)27(30)31)16(4)34-24(23)26-21(28)14-33-20-9-7-6-8-19(20)15(2)3/h6-13,15H,5,14H2,1-4H3,(H,26,28). The number of nitrogens with one attached hydrogen (secondary N) is 1. The molecule has 178 valence electrons. The van der Waals surface area contributed by atoms with Gasteiger partial charge in [0.1, 0.15) is 16.3 Å². The van der Waals surface area contributed by atoms with Crippen molar-refractivity contribution < 1.29 is 24.0 Å². The zero-order chi connectivity index (χ0) is 24.8. The van der Waals surface area contributed by atoms with Crippen LogP contribution < -0.4 is 10.1 Å². The molecule has 0 saturated heterocycles. The van der Waals surface area contributed by atoms with Gasteiger partial charge in [0.25, 0.3) is 11.6 Å². The number of ether oxygens (including phenoxy) is 2. The van der Waals surface area contributed by atoms with Crippen molar-refractivity contribution in [3.8, 4) is 16.9 Å². The van der Waals surface area contributed by atoms with Crippen molar-refractivity contribution >= 4 is 33.9 Å². The van der Waals surface area contributed by atoms with E-state index in [1.807, 2.05) is 45.0 Å². The summed E-state index contributed by atoms with van der Waals surface area (Å²) in [5.41, 5.74) is 2.34. The lowest BCUT2D eigenvalue weighted by atomic mass is 10.0. The fourth-order valence-electron chi connectivity index (χ4n) is 3.52. The highest BCUT2D eigenvalue weighted by atomic mass is 32.1. The van der Waals surface area contributed by atoms with Crippen LogP contribution in [0.15, 0.2) is 48.5 Å². The molecule has 2 aromatic carbocycles. The van der Waals surface area contributed by atoms with E-state index >= 15 is 0 Å². The Morgan fingerprint density at radius 2 is 1.79 bits per heavy atom. The second-order valence-corrected chi connectivity index (χ2v) is 9.02. The number of esters is 1. The van der Waals surface area contributed by atoms with Crippen LogP contribution in [0, 0.1) is 17.0 Å². The molecule has 8 nitrogen and oxygen atoms in total. The molecule has 3 rings (SSSR count). The number of hydrogen-bond donors (Lipinski definition) is 1. The van der Waals surface area contributed by atoms with Gasteiger partial charge >= 0.3 is 5.97 Å². The SMILES string of the molecule is CCOC(=O)c1c(NC(=O)COc2ccccc2C(C)C)sc(C)c1-c1ccc([N+](=O)[O-])cc1. The fourth-order valence-corrected chi connectivity index (χ4v) is 4.60. The number of anilines is 1. The number of carbonyl (C=O) groups excluding carboxylic acids is 2. The number of benzene rings is 2. The predicted octanol–water partition coefficient (Wildman–Crippen LogP) is 5.95. The molecule has 0 aliphatic heterocycles. The molecule has 1 heterocycles. The lowest BCUT2D eigenvalue weighted by molar-refractivity contribution is -0.384. The molecule has 0 bridgehead atoms. The summed E-state index contributed by atoms with van der Waals surface area (Å²) in [5.74, 6) is -0.131. The molecule has 0 radical (unpaired) electrons. The molecule has 1 N–H and O–H groups in total. The summed E-state index contributed by atoms with van der Waals surface area (Å²) in [6.45, 7) is 7.53. The smallest absolute Gasteiger partial charge is 0.341 e. The molecule has 0 spiro atoms. The van der Waals surface area contributed by atoms with E-state index in [1.165, 1.54) is 23.5 Å². The van der Waals surface area contributed by atoms with Crippen LogP contribution in [0.1, 0.15) is 47.5 Å². The van der Waals surface area contributed by atoms with Gasteiger partial charge in [0.05, 0.1) is 11.5 Å². The van der Waals surface area contributed by atoms with Crippen LogP contribution in [-0.4, -0.2) is 30.0 Å². The molecule has 1 amide bonds. The summed E-state index contributed by atoms with van der Waals surface area (Å²) < 4.78 is 11.0. The molecule has 3 aromatic rings. The maximum absolute atomic E-state index is 12.8. The fraction of sp³-hybridized carbons (Fsp3) is 0.280. The number of nitro benzene ring substituents is 1. The van der Waals surface area contributed by atoms with Crippen molar-refractivity contribution in [3.05, 3.63) is 74.6 Å². The third-order valence-corrected chi connectivity index (χ3v) is 6.10. The Morgan fingerprint density at radius 3 is 2.41 bits per heavy atom. The number of amides is 1. The Morgan fingerprint density at radius 1 is 1.12 bits per heavy atom. The van der Waals surface area contributed by atoms with Crippen LogP contribution in [0.4, 0.5) is 10.7 Å². The highest BCUT2D eigenvalue weighted by molar-refractivity contribution is 7.17. The van der Waals surface area contributed by atoms with Gasteiger partial charge in [-0.05, 0) is 49.1 Å². The lowest BCUT2D eigenvalue weighted by Gasteiger charge is -2.14. The van der Waals surface area contributed by atoms with Gasteiger partial charge in [-0.1, -0.05) is 32.0 Å². The minimum atomic E-state index is -0.582. The van der Waals surface area contributed by atoms with Gasteiger partial charge in [-0.3, -0.25) is 14.9 Å². The molecule has 0 atom stereocenters. The molecule has 0 fully saturated rings. The summed E-state index contributed by atoms with van der Waals surface area (Å²) in [6.07, 6.45) is 0. The number of carbonyl (C=O) groups is 2. The van der Waals surface area contributed by atoms with E-state index in [0.717, 1.165) is 10.4 Å². The monoisotopic (exact) mass is 482 g/mol. The van der Waals surface area contributed by atoms with Crippen molar-refractivity contribution in [1.82, 2.24) is 0 Å². The minimum absolute atomic E-state index is 0.0540. The van der Waals surface area contributed by atoms with Crippen molar-refractivity contribution in [3.63, 3.8) is 0 Å². The Kier molecular flexibility index (Phi) is 8.01. The normalized spacial score (nSPS) is 10.7. The van der Waals surface area contributed by atoms with Crippen LogP contribution in [0.5, 0.6) is 5.75 Å². The Hall–Kier alpha value is -3.72. The molecular formula is C25H26N2O6S. The maximum Gasteiger partial charge on any atom is 0.341 e. The van der Waals surface area contributed by atoms with Gasteiger partial charge in [-0.15, -0.1) is 11.3 Å². The summed E-state index contributed by atoms with van der Waals surface area (Å²) in [6, 6.07) is 13.4. The van der Waals surface area contributed by atoms with Gasteiger partial charge in [0.2, 0.25) is 0 Å². The number of para-hydroxylation sites is 1. The summed E-state index contributed by atoms with van der Waals surface area (Å²) in [4.78, 5) is 36.8. The van der Waals surface area contributed by atoms with Crippen LogP contribution in [0.25, 0.3) is 11.1 Å². The summed E-state index contributed by atoms with van der Waals surface area (Å²) in [5, 5.41) is 14.1. The van der Waals surface area contributed by atoms with E-state index in [-0.39, 0.29) is 30.4 Å². The largest absolute Gasteiger partial charge is 0.483 e. The zero-order valence-electron chi connectivity index (χ0n) is 19.4. The van der Waals surface area contributed by atoms with Crippen molar-refractivity contribution in [2.75, 3.05) is 18.5 Å². The van der Waals surface area contributed by atoms with Gasteiger partial charge in [-0.25, -0.2) is 4.79 Å². The molecule has 9 heteroatoms. The summed E-state index contributed by atoms with van der Waals surface area (Å²) >= 11 is 1.24. The highest BCUT2D eigenvalue weighted by Crippen LogP contribution is 2.41. The lowest BCUT2D eigenvalue weighted by Crippen LogP contribution is -2.21. The molecule has 0 unspecified atom stereocenters. The van der Waals surface area contributed by atoms with Crippen molar-refractivity contribution in [2.45, 2.75) is 33.6 Å².